The fourth-order valence-corrected chi connectivity index (χ4v) is 3.03. The third-order valence-electron chi connectivity index (χ3n) is 1.82. The SMILES string of the molecule is Cn1nc(N)c(Br)c1-c1ccc(Cl)s1. The summed E-state index contributed by atoms with van der Waals surface area (Å²) in [5, 5.41) is 4.11. The molecule has 0 aliphatic carbocycles. The van der Waals surface area contributed by atoms with Gasteiger partial charge in [-0.15, -0.1) is 11.3 Å². The van der Waals surface area contributed by atoms with Crippen LogP contribution in [0.5, 0.6) is 0 Å². The number of hydrogen-bond donors (Lipinski definition) is 1. The molecule has 0 spiro atoms. The molecule has 0 fully saturated rings. The van der Waals surface area contributed by atoms with Crippen molar-refractivity contribution in [3.63, 3.8) is 0 Å². The molecule has 0 saturated carbocycles. The van der Waals surface area contributed by atoms with Crippen LogP contribution in [0.3, 0.4) is 0 Å². The predicted octanol–water partition coefficient (Wildman–Crippen LogP) is 3.15. The molecular formula is C8H7BrClN3S. The van der Waals surface area contributed by atoms with Crippen molar-refractivity contribution in [3.8, 4) is 10.6 Å². The molecule has 0 amide bonds. The molecule has 2 N–H and O–H groups in total. The lowest BCUT2D eigenvalue weighted by molar-refractivity contribution is 0.781. The van der Waals surface area contributed by atoms with Crippen LogP contribution in [-0.2, 0) is 7.05 Å². The Morgan fingerprint density at radius 2 is 2.29 bits per heavy atom. The average molecular weight is 293 g/mol. The van der Waals surface area contributed by atoms with Crippen LogP contribution < -0.4 is 5.73 Å². The van der Waals surface area contributed by atoms with Gasteiger partial charge in [-0.1, -0.05) is 11.6 Å². The van der Waals surface area contributed by atoms with Gasteiger partial charge >= 0.3 is 0 Å². The smallest absolute Gasteiger partial charge is 0.160 e. The van der Waals surface area contributed by atoms with Crippen LogP contribution in [0.25, 0.3) is 10.6 Å². The highest BCUT2D eigenvalue weighted by atomic mass is 79.9. The van der Waals surface area contributed by atoms with Crippen molar-refractivity contribution < 1.29 is 0 Å². The van der Waals surface area contributed by atoms with Gasteiger partial charge < -0.3 is 5.73 Å². The fourth-order valence-electron chi connectivity index (χ4n) is 1.23. The van der Waals surface area contributed by atoms with E-state index in [1.807, 2.05) is 19.2 Å². The van der Waals surface area contributed by atoms with Crippen LogP contribution in [0.2, 0.25) is 4.34 Å². The molecule has 14 heavy (non-hydrogen) atoms. The van der Waals surface area contributed by atoms with E-state index in [1.54, 1.807) is 4.68 Å². The highest BCUT2D eigenvalue weighted by Crippen LogP contribution is 2.37. The average Bonchev–Trinajstić information content (AvgIpc) is 2.60. The van der Waals surface area contributed by atoms with Gasteiger partial charge in [-0.3, -0.25) is 4.68 Å². The van der Waals surface area contributed by atoms with Gasteiger partial charge in [0.15, 0.2) is 5.82 Å². The van der Waals surface area contributed by atoms with Crippen LogP contribution in [0.4, 0.5) is 5.82 Å². The van der Waals surface area contributed by atoms with Crippen molar-refractivity contribution in [3.05, 3.63) is 20.9 Å². The first-order valence-corrected chi connectivity index (χ1v) is 5.82. The van der Waals surface area contributed by atoms with Crippen molar-refractivity contribution in [2.45, 2.75) is 0 Å². The van der Waals surface area contributed by atoms with Gasteiger partial charge in [-0.2, -0.15) is 5.10 Å². The molecule has 0 atom stereocenters. The number of thiophene rings is 1. The summed E-state index contributed by atoms with van der Waals surface area (Å²) < 4.78 is 3.31. The van der Waals surface area contributed by atoms with Crippen molar-refractivity contribution in [1.82, 2.24) is 9.78 Å². The van der Waals surface area contributed by atoms with Crippen molar-refractivity contribution in [1.29, 1.82) is 0 Å². The van der Waals surface area contributed by atoms with E-state index in [0.717, 1.165) is 19.4 Å². The highest BCUT2D eigenvalue weighted by molar-refractivity contribution is 9.10. The molecular weight excluding hydrogens is 286 g/mol. The maximum Gasteiger partial charge on any atom is 0.160 e. The van der Waals surface area contributed by atoms with Gasteiger partial charge in [0.05, 0.1) is 19.4 Å². The Hall–Kier alpha value is -0.520. The second kappa shape index (κ2) is 3.56. The summed E-state index contributed by atoms with van der Waals surface area (Å²) in [7, 11) is 1.85. The molecule has 2 aromatic heterocycles. The Morgan fingerprint density at radius 3 is 2.71 bits per heavy atom. The summed E-state index contributed by atoms with van der Waals surface area (Å²) >= 11 is 10.8. The molecule has 0 unspecified atom stereocenters. The number of nitrogen functional groups attached to an aromatic ring is 1. The Morgan fingerprint density at radius 1 is 1.57 bits per heavy atom. The summed E-state index contributed by atoms with van der Waals surface area (Å²) in [6.45, 7) is 0. The number of halogens is 2. The number of hydrogen-bond acceptors (Lipinski definition) is 3. The van der Waals surface area contributed by atoms with Crippen LogP contribution in [-0.4, -0.2) is 9.78 Å². The third-order valence-corrected chi connectivity index (χ3v) is 3.84. The molecule has 0 radical (unpaired) electrons. The molecule has 0 bridgehead atoms. The van der Waals surface area contributed by atoms with E-state index < -0.39 is 0 Å². The van der Waals surface area contributed by atoms with E-state index in [9.17, 15) is 0 Å². The highest BCUT2D eigenvalue weighted by Gasteiger charge is 2.14. The second-order valence-corrected chi connectivity index (χ2v) is 5.28. The van der Waals surface area contributed by atoms with Crippen LogP contribution in [0, 0.1) is 0 Å². The number of rotatable bonds is 1. The summed E-state index contributed by atoms with van der Waals surface area (Å²) in [6, 6.07) is 3.81. The number of nitrogens with zero attached hydrogens (tertiary/aromatic N) is 2. The van der Waals surface area contributed by atoms with E-state index in [0.29, 0.717) is 5.82 Å². The minimum absolute atomic E-state index is 0.493. The zero-order chi connectivity index (χ0) is 10.3. The van der Waals surface area contributed by atoms with E-state index in [-0.39, 0.29) is 0 Å². The molecule has 74 valence electrons. The zero-order valence-electron chi connectivity index (χ0n) is 7.29. The summed E-state index contributed by atoms with van der Waals surface area (Å²) in [4.78, 5) is 1.05. The van der Waals surface area contributed by atoms with E-state index in [4.69, 9.17) is 17.3 Å². The molecule has 6 heteroatoms. The second-order valence-electron chi connectivity index (χ2n) is 2.78. The van der Waals surface area contributed by atoms with Crippen molar-refractivity contribution in [2.24, 2.45) is 7.05 Å². The largest absolute Gasteiger partial charge is 0.381 e. The van der Waals surface area contributed by atoms with Crippen LogP contribution in [0.1, 0.15) is 0 Å². The fraction of sp³-hybridized carbons (Fsp3) is 0.125. The molecule has 2 heterocycles. The molecule has 2 aromatic rings. The molecule has 0 aromatic carbocycles. The first-order chi connectivity index (χ1) is 6.59. The first kappa shape index (κ1) is 10.0. The monoisotopic (exact) mass is 291 g/mol. The Labute approximate surface area is 98.6 Å². The van der Waals surface area contributed by atoms with Crippen molar-refractivity contribution in [2.75, 3.05) is 5.73 Å². The summed E-state index contributed by atoms with van der Waals surface area (Å²) in [6.07, 6.45) is 0. The molecule has 0 aliphatic rings. The standard InChI is InChI=1S/C8H7BrClN3S/c1-13-7(6(9)8(11)12-13)4-2-3-5(10)14-4/h2-3H,1H3,(H2,11,12). The number of aryl methyl sites for hydroxylation is 1. The van der Waals surface area contributed by atoms with Gasteiger partial charge in [-0.25, -0.2) is 0 Å². The quantitative estimate of drug-likeness (QED) is 0.877. The van der Waals surface area contributed by atoms with E-state index in [1.165, 1.54) is 11.3 Å². The number of aromatic nitrogens is 2. The first-order valence-electron chi connectivity index (χ1n) is 3.83. The topological polar surface area (TPSA) is 43.8 Å². The maximum absolute atomic E-state index is 5.86. The predicted molar refractivity (Wildman–Crippen MR) is 63.6 cm³/mol. The lowest BCUT2D eigenvalue weighted by atomic mass is 10.3. The minimum Gasteiger partial charge on any atom is -0.381 e. The zero-order valence-corrected chi connectivity index (χ0v) is 10.4. The summed E-state index contributed by atoms with van der Waals surface area (Å²) in [5.41, 5.74) is 6.64. The van der Waals surface area contributed by atoms with Crippen molar-refractivity contribution >= 4 is 44.7 Å². The van der Waals surface area contributed by atoms with E-state index in [2.05, 4.69) is 21.0 Å². The molecule has 3 nitrogen and oxygen atoms in total. The third kappa shape index (κ3) is 1.55. The van der Waals surface area contributed by atoms with Gasteiger partial charge in [-0.05, 0) is 28.1 Å². The maximum atomic E-state index is 5.86. The summed E-state index contributed by atoms with van der Waals surface area (Å²) in [5.74, 6) is 0.493. The lowest BCUT2D eigenvalue weighted by Crippen LogP contribution is -1.93. The lowest BCUT2D eigenvalue weighted by Gasteiger charge is -1.97. The van der Waals surface area contributed by atoms with Crippen LogP contribution >= 0.6 is 38.9 Å². The normalized spacial score (nSPS) is 10.8. The van der Waals surface area contributed by atoms with Gasteiger partial charge in [0, 0.05) is 7.05 Å². The molecule has 2 rings (SSSR count). The van der Waals surface area contributed by atoms with Gasteiger partial charge in [0.25, 0.3) is 0 Å². The van der Waals surface area contributed by atoms with Crippen LogP contribution in [0.15, 0.2) is 16.6 Å². The number of anilines is 1. The molecule has 0 aliphatic heterocycles. The van der Waals surface area contributed by atoms with E-state index >= 15 is 0 Å². The Kier molecular flexibility index (Phi) is 2.55. The Bertz CT molecular complexity index is 477. The Balaban J connectivity index is 2.61. The number of nitrogens with two attached hydrogens (primary N) is 1. The molecule has 0 saturated heterocycles. The van der Waals surface area contributed by atoms with Gasteiger partial charge in [0.2, 0.25) is 0 Å². The van der Waals surface area contributed by atoms with Gasteiger partial charge in [0.1, 0.15) is 0 Å². The minimum atomic E-state index is 0.493.